The Balaban J connectivity index is 2.19. The molecule has 0 aliphatic carbocycles. The van der Waals surface area contributed by atoms with E-state index in [4.69, 9.17) is 10.6 Å². The Bertz CT molecular complexity index is 437. The van der Waals surface area contributed by atoms with Crippen LogP contribution in [0.25, 0.3) is 0 Å². The second-order valence-electron chi connectivity index (χ2n) is 3.99. The first-order valence-corrected chi connectivity index (χ1v) is 6.54. The molecule has 9 heteroatoms. The van der Waals surface area contributed by atoms with Crippen LogP contribution in [0.1, 0.15) is 18.5 Å². The van der Waals surface area contributed by atoms with Crippen LogP contribution in [0.15, 0.2) is 11.1 Å². The smallest absolute Gasteiger partial charge is 0.381 e. The van der Waals surface area contributed by atoms with Crippen LogP contribution >= 0.6 is 11.8 Å². The molecule has 0 unspecified atom stereocenters. The lowest BCUT2D eigenvalue weighted by atomic mass is 10.2. The van der Waals surface area contributed by atoms with Crippen molar-refractivity contribution in [3.8, 4) is 0 Å². The number of aromatic nitrogens is 2. The van der Waals surface area contributed by atoms with E-state index in [1.807, 2.05) is 0 Å². The van der Waals surface area contributed by atoms with Crippen molar-refractivity contribution in [2.45, 2.75) is 29.3 Å². The van der Waals surface area contributed by atoms with Crippen molar-refractivity contribution in [2.75, 3.05) is 18.6 Å². The lowest BCUT2D eigenvalue weighted by molar-refractivity contribution is -0.141. The maximum atomic E-state index is 12.7. The zero-order valence-electron chi connectivity index (χ0n) is 9.91. The third-order valence-corrected chi connectivity index (χ3v) is 3.83. The molecule has 0 amide bonds. The lowest BCUT2D eigenvalue weighted by Gasteiger charge is -2.21. The number of hydrogen-bond acceptors (Lipinski definition) is 6. The molecule has 2 heterocycles. The van der Waals surface area contributed by atoms with Gasteiger partial charge in [-0.3, -0.25) is 5.43 Å². The Labute approximate surface area is 112 Å². The highest BCUT2D eigenvalue weighted by Crippen LogP contribution is 2.33. The molecule has 19 heavy (non-hydrogen) atoms. The number of hydrazine groups is 1. The fourth-order valence-electron chi connectivity index (χ4n) is 1.66. The van der Waals surface area contributed by atoms with Crippen LogP contribution < -0.4 is 11.3 Å². The van der Waals surface area contributed by atoms with Gasteiger partial charge in [-0.2, -0.15) is 13.2 Å². The maximum Gasteiger partial charge on any atom is 0.433 e. The molecule has 0 spiro atoms. The summed E-state index contributed by atoms with van der Waals surface area (Å²) in [6.07, 6.45) is -2.93. The SMILES string of the molecule is NNc1nc(SC2CCOCC2)cc(C(F)(F)F)n1. The Morgan fingerprint density at radius 3 is 2.58 bits per heavy atom. The minimum atomic E-state index is -4.51. The highest BCUT2D eigenvalue weighted by molar-refractivity contribution is 7.99. The number of nitrogens with one attached hydrogen (secondary N) is 1. The van der Waals surface area contributed by atoms with Gasteiger partial charge in [-0.25, -0.2) is 15.8 Å². The van der Waals surface area contributed by atoms with Crippen molar-refractivity contribution in [2.24, 2.45) is 5.84 Å². The van der Waals surface area contributed by atoms with Crippen molar-refractivity contribution in [3.63, 3.8) is 0 Å². The number of nitrogen functional groups attached to an aromatic ring is 1. The molecule has 1 aliphatic heterocycles. The van der Waals surface area contributed by atoms with E-state index in [1.165, 1.54) is 11.8 Å². The summed E-state index contributed by atoms with van der Waals surface area (Å²) < 4.78 is 43.2. The summed E-state index contributed by atoms with van der Waals surface area (Å²) in [5.41, 5.74) is 1.06. The van der Waals surface area contributed by atoms with Gasteiger partial charge in [0.2, 0.25) is 5.95 Å². The highest BCUT2D eigenvalue weighted by atomic mass is 32.2. The van der Waals surface area contributed by atoms with Gasteiger partial charge in [-0.1, -0.05) is 0 Å². The average molecular weight is 294 g/mol. The molecule has 1 fully saturated rings. The van der Waals surface area contributed by atoms with Crippen LogP contribution in [0, 0.1) is 0 Å². The van der Waals surface area contributed by atoms with Crippen LogP contribution in [0.3, 0.4) is 0 Å². The first-order valence-electron chi connectivity index (χ1n) is 5.66. The standard InChI is InChI=1S/C10H13F3N4OS/c11-10(12,13)7-5-8(16-9(15-7)17-14)19-6-1-3-18-4-2-6/h5-6H,1-4,14H2,(H,15,16,17). The molecule has 0 saturated carbocycles. The van der Waals surface area contributed by atoms with Crippen LogP contribution in [0.5, 0.6) is 0 Å². The van der Waals surface area contributed by atoms with Gasteiger partial charge in [0.15, 0.2) is 5.69 Å². The van der Waals surface area contributed by atoms with Crippen LogP contribution in [0.2, 0.25) is 0 Å². The second kappa shape index (κ2) is 5.93. The number of rotatable bonds is 3. The minimum Gasteiger partial charge on any atom is -0.381 e. The first kappa shape index (κ1) is 14.4. The molecule has 1 saturated heterocycles. The molecule has 0 bridgehead atoms. The molecule has 1 aromatic heterocycles. The van der Waals surface area contributed by atoms with Gasteiger partial charge in [0.25, 0.3) is 0 Å². The fourth-order valence-corrected chi connectivity index (χ4v) is 2.75. The van der Waals surface area contributed by atoms with Crippen LogP contribution in [-0.4, -0.2) is 28.4 Å². The molecule has 5 nitrogen and oxygen atoms in total. The monoisotopic (exact) mass is 294 g/mol. The molecular formula is C10H13F3N4OS. The van der Waals surface area contributed by atoms with Crippen molar-refractivity contribution >= 4 is 17.7 Å². The molecular weight excluding hydrogens is 281 g/mol. The lowest BCUT2D eigenvalue weighted by Crippen LogP contribution is -2.19. The predicted octanol–water partition coefficient (Wildman–Crippen LogP) is 2.05. The molecule has 3 N–H and O–H groups in total. The highest BCUT2D eigenvalue weighted by Gasteiger charge is 2.34. The summed E-state index contributed by atoms with van der Waals surface area (Å²) in [4.78, 5) is 7.24. The molecule has 1 aromatic rings. The molecule has 2 rings (SSSR count). The van der Waals surface area contributed by atoms with Crippen LogP contribution in [0.4, 0.5) is 19.1 Å². The van der Waals surface area contributed by atoms with E-state index in [1.54, 1.807) is 0 Å². The van der Waals surface area contributed by atoms with E-state index in [2.05, 4.69) is 15.4 Å². The number of anilines is 1. The number of nitrogens with two attached hydrogens (primary N) is 1. The zero-order valence-corrected chi connectivity index (χ0v) is 10.7. The Hall–Kier alpha value is -1.06. The summed E-state index contributed by atoms with van der Waals surface area (Å²) in [5.74, 6) is 4.86. The van der Waals surface area contributed by atoms with Crippen molar-refractivity contribution in [1.82, 2.24) is 9.97 Å². The first-order chi connectivity index (χ1) is 8.99. The molecule has 0 atom stereocenters. The van der Waals surface area contributed by atoms with Gasteiger partial charge in [-0.05, 0) is 12.8 Å². The van der Waals surface area contributed by atoms with Gasteiger partial charge in [0.05, 0.1) is 0 Å². The zero-order chi connectivity index (χ0) is 13.9. The summed E-state index contributed by atoms with van der Waals surface area (Å²) in [6.45, 7) is 1.24. The third kappa shape index (κ3) is 3.95. The Morgan fingerprint density at radius 1 is 1.32 bits per heavy atom. The summed E-state index contributed by atoms with van der Waals surface area (Å²) in [7, 11) is 0. The van der Waals surface area contributed by atoms with Crippen molar-refractivity contribution in [3.05, 3.63) is 11.8 Å². The van der Waals surface area contributed by atoms with Gasteiger partial charge in [-0.15, -0.1) is 11.8 Å². The predicted molar refractivity (Wildman–Crippen MR) is 64.5 cm³/mol. The summed E-state index contributed by atoms with van der Waals surface area (Å²) in [5, 5.41) is 0.470. The van der Waals surface area contributed by atoms with Gasteiger partial charge >= 0.3 is 6.18 Å². The number of ether oxygens (including phenoxy) is 1. The maximum absolute atomic E-state index is 12.7. The Morgan fingerprint density at radius 2 is 2.00 bits per heavy atom. The van der Waals surface area contributed by atoms with Crippen molar-refractivity contribution < 1.29 is 17.9 Å². The normalized spacial score (nSPS) is 17.5. The van der Waals surface area contributed by atoms with Gasteiger partial charge in [0, 0.05) is 24.5 Å². The fraction of sp³-hybridized carbons (Fsp3) is 0.600. The number of hydrogen-bond donors (Lipinski definition) is 2. The van der Waals surface area contributed by atoms with Crippen LogP contribution in [-0.2, 0) is 10.9 Å². The molecule has 0 aromatic carbocycles. The van der Waals surface area contributed by atoms with Gasteiger partial charge in [0.1, 0.15) is 5.03 Å². The van der Waals surface area contributed by atoms with Crippen molar-refractivity contribution in [1.29, 1.82) is 0 Å². The Kier molecular flexibility index (Phi) is 4.48. The number of halogens is 3. The number of alkyl halides is 3. The quantitative estimate of drug-likeness (QED) is 0.505. The van der Waals surface area contributed by atoms with E-state index < -0.39 is 11.9 Å². The third-order valence-electron chi connectivity index (χ3n) is 2.58. The number of nitrogens with zero attached hydrogens (tertiary/aromatic N) is 2. The average Bonchev–Trinajstić information content (AvgIpc) is 2.38. The summed E-state index contributed by atoms with van der Waals surface area (Å²) in [6, 6.07) is 0.945. The van der Waals surface area contributed by atoms with E-state index in [0.29, 0.717) is 13.2 Å². The van der Waals surface area contributed by atoms with E-state index in [9.17, 15) is 13.2 Å². The summed E-state index contributed by atoms with van der Waals surface area (Å²) >= 11 is 1.30. The second-order valence-corrected chi connectivity index (χ2v) is 5.31. The van der Waals surface area contributed by atoms with E-state index in [-0.39, 0.29) is 16.2 Å². The van der Waals surface area contributed by atoms with E-state index in [0.717, 1.165) is 18.9 Å². The molecule has 106 valence electrons. The van der Waals surface area contributed by atoms with Gasteiger partial charge < -0.3 is 4.74 Å². The number of thioether (sulfide) groups is 1. The topological polar surface area (TPSA) is 73.1 Å². The molecule has 1 aliphatic rings. The minimum absolute atomic E-state index is 0.204. The van der Waals surface area contributed by atoms with E-state index >= 15 is 0 Å². The largest absolute Gasteiger partial charge is 0.433 e. The molecule has 0 radical (unpaired) electrons.